The number of thioether (sulfide) groups is 1. The van der Waals surface area contributed by atoms with Gasteiger partial charge in [-0.3, -0.25) is 0 Å². The summed E-state index contributed by atoms with van der Waals surface area (Å²) in [5.41, 5.74) is 0. The first-order valence-corrected chi connectivity index (χ1v) is 4.14. The van der Waals surface area contributed by atoms with Crippen LogP contribution in [0.1, 0.15) is 33.6 Å². The van der Waals surface area contributed by atoms with E-state index in [-0.39, 0.29) is 0 Å². The Kier molecular flexibility index (Phi) is 1.57. The summed E-state index contributed by atoms with van der Waals surface area (Å²) in [6, 6.07) is 0. The molecule has 0 spiro atoms. The first-order chi connectivity index (χ1) is 3.58. The van der Waals surface area contributed by atoms with Gasteiger partial charge in [0.1, 0.15) is 0 Å². The molecule has 0 nitrogen and oxygen atoms in total. The van der Waals surface area contributed by atoms with Gasteiger partial charge in [-0.25, -0.2) is 0 Å². The summed E-state index contributed by atoms with van der Waals surface area (Å²) in [4.78, 5) is 0. The molecule has 1 aliphatic carbocycles. The molecule has 0 N–H and O–H groups in total. The lowest BCUT2D eigenvalue weighted by atomic mass is 10.3. The number of rotatable bonds is 1. The quantitative estimate of drug-likeness (QED) is 0.526. The smallest absolute Gasteiger partial charge is 0.00778 e. The maximum absolute atomic E-state index is 2.29. The molecule has 0 heterocycles. The molecule has 0 aliphatic heterocycles. The molecule has 0 bridgehead atoms. The van der Waals surface area contributed by atoms with Gasteiger partial charge in [0, 0.05) is 10.00 Å². The lowest BCUT2D eigenvalue weighted by Gasteiger charge is -2.16. The van der Waals surface area contributed by atoms with E-state index in [9.17, 15) is 0 Å². The van der Waals surface area contributed by atoms with Gasteiger partial charge in [-0.15, -0.1) is 0 Å². The summed E-state index contributed by atoms with van der Waals surface area (Å²) < 4.78 is 0.501. The predicted molar refractivity (Wildman–Crippen MR) is 40.4 cm³/mol. The minimum atomic E-state index is 0.501. The fourth-order valence-electron chi connectivity index (χ4n) is 0.686. The van der Waals surface area contributed by atoms with E-state index in [2.05, 4.69) is 32.5 Å². The van der Waals surface area contributed by atoms with Crippen LogP contribution in [0.4, 0.5) is 0 Å². The third-order valence-electron chi connectivity index (χ3n) is 1.04. The van der Waals surface area contributed by atoms with Crippen LogP contribution in [-0.4, -0.2) is 10.00 Å². The van der Waals surface area contributed by atoms with Crippen LogP contribution in [0.3, 0.4) is 0 Å². The van der Waals surface area contributed by atoms with Gasteiger partial charge < -0.3 is 0 Å². The Hall–Kier alpha value is 0.350. The summed E-state index contributed by atoms with van der Waals surface area (Å²) in [7, 11) is 0. The van der Waals surface area contributed by atoms with E-state index < -0.39 is 0 Å². The Labute approximate surface area is 56.0 Å². The summed E-state index contributed by atoms with van der Waals surface area (Å²) >= 11 is 2.12. The lowest BCUT2D eigenvalue weighted by Crippen LogP contribution is -2.07. The second kappa shape index (κ2) is 1.94. The molecule has 1 fully saturated rings. The highest BCUT2D eigenvalue weighted by Crippen LogP contribution is 2.41. The average molecular weight is 130 g/mol. The van der Waals surface area contributed by atoms with Crippen LogP contribution < -0.4 is 0 Å². The number of hydrogen-bond acceptors (Lipinski definition) is 1. The highest BCUT2D eigenvalue weighted by Gasteiger charge is 2.27. The summed E-state index contributed by atoms with van der Waals surface area (Å²) in [6.45, 7) is 6.86. The van der Waals surface area contributed by atoms with Gasteiger partial charge in [0.25, 0.3) is 0 Å². The lowest BCUT2D eigenvalue weighted by molar-refractivity contribution is 0.802. The number of hydrogen-bond donors (Lipinski definition) is 0. The molecule has 0 atom stereocenters. The van der Waals surface area contributed by atoms with E-state index in [1.54, 1.807) is 0 Å². The van der Waals surface area contributed by atoms with E-state index in [1.165, 1.54) is 12.8 Å². The molecule has 0 aromatic rings. The van der Waals surface area contributed by atoms with Crippen LogP contribution in [0.15, 0.2) is 0 Å². The first-order valence-electron chi connectivity index (χ1n) is 3.26. The van der Waals surface area contributed by atoms with E-state index in [0.717, 1.165) is 5.25 Å². The van der Waals surface area contributed by atoms with Crippen molar-refractivity contribution in [3.63, 3.8) is 0 Å². The minimum absolute atomic E-state index is 0.501. The zero-order chi connectivity index (χ0) is 6.20. The van der Waals surface area contributed by atoms with Crippen LogP contribution in [0.25, 0.3) is 0 Å². The Morgan fingerprint density at radius 2 is 1.75 bits per heavy atom. The predicted octanol–water partition coefficient (Wildman–Crippen LogP) is 2.68. The fourth-order valence-corrected chi connectivity index (χ4v) is 2.06. The van der Waals surface area contributed by atoms with Crippen molar-refractivity contribution in [2.45, 2.75) is 43.6 Å². The van der Waals surface area contributed by atoms with Crippen molar-refractivity contribution in [1.82, 2.24) is 0 Å². The highest BCUT2D eigenvalue weighted by molar-refractivity contribution is 8.01. The van der Waals surface area contributed by atoms with Gasteiger partial charge in [0.05, 0.1) is 0 Å². The zero-order valence-electron chi connectivity index (χ0n) is 5.90. The SMILES string of the molecule is CC(C)(C)SC1CC1. The molecule has 1 aliphatic rings. The Morgan fingerprint density at radius 3 is 1.88 bits per heavy atom. The molecule has 8 heavy (non-hydrogen) atoms. The van der Waals surface area contributed by atoms with Crippen LogP contribution in [0, 0.1) is 0 Å². The molecule has 48 valence electrons. The van der Waals surface area contributed by atoms with Crippen LogP contribution in [0.2, 0.25) is 0 Å². The fraction of sp³-hybridized carbons (Fsp3) is 1.00. The monoisotopic (exact) mass is 130 g/mol. The summed E-state index contributed by atoms with van der Waals surface area (Å²) in [6.07, 6.45) is 2.92. The standard InChI is InChI=1S/C7H14S/c1-7(2,3)8-6-4-5-6/h6H,4-5H2,1-3H3. The normalized spacial score (nSPS) is 21.4. The van der Waals surface area contributed by atoms with Gasteiger partial charge in [-0.1, -0.05) is 20.8 Å². The third kappa shape index (κ3) is 2.61. The highest BCUT2D eigenvalue weighted by atomic mass is 32.2. The van der Waals surface area contributed by atoms with Gasteiger partial charge in [-0.05, 0) is 12.8 Å². The molecule has 1 saturated carbocycles. The molecule has 1 rings (SSSR count). The maximum Gasteiger partial charge on any atom is 0.00778 e. The van der Waals surface area contributed by atoms with Crippen molar-refractivity contribution in [1.29, 1.82) is 0 Å². The molecular formula is C7H14S. The van der Waals surface area contributed by atoms with E-state index in [1.807, 2.05) is 0 Å². The van der Waals surface area contributed by atoms with Crippen LogP contribution in [-0.2, 0) is 0 Å². The molecule has 0 saturated heterocycles. The topological polar surface area (TPSA) is 0 Å². The van der Waals surface area contributed by atoms with Gasteiger partial charge in [-0.2, -0.15) is 11.8 Å². The van der Waals surface area contributed by atoms with Crippen molar-refractivity contribution in [3.8, 4) is 0 Å². The van der Waals surface area contributed by atoms with Crippen molar-refractivity contribution in [2.24, 2.45) is 0 Å². The molecule has 1 heteroatoms. The average Bonchev–Trinajstić information content (AvgIpc) is 2.12. The maximum atomic E-state index is 2.29. The van der Waals surface area contributed by atoms with Crippen molar-refractivity contribution in [3.05, 3.63) is 0 Å². The molecule has 0 radical (unpaired) electrons. The summed E-state index contributed by atoms with van der Waals surface area (Å²) in [5.74, 6) is 0. The molecule has 0 aromatic heterocycles. The largest absolute Gasteiger partial charge is 0.153 e. The van der Waals surface area contributed by atoms with Crippen LogP contribution in [0.5, 0.6) is 0 Å². The second-order valence-electron chi connectivity index (χ2n) is 3.43. The molecule has 0 amide bonds. The van der Waals surface area contributed by atoms with E-state index in [0.29, 0.717) is 4.75 Å². The Bertz CT molecular complexity index is 76.9. The van der Waals surface area contributed by atoms with E-state index >= 15 is 0 Å². The minimum Gasteiger partial charge on any atom is -0.153 e. The van der Waals surface area contributed by atoms with Gasteiger partial charge in [0.15, 0.2) is 0 Å². The molecule has 0 unspecified atom stereocenters. The van der Waals surface area contributed by atoms with E-state index in [4.69, 9.17) is 0 Å². The molecule has 0 aromatic carbocycles. The zero-order valence-corrected chi connectivity index (χ0v) is 6.72. The summed E-state index contributed by atoms with van der Waals surface area (Å²) in [5, 5.41) is 1.01. The molecular weight excluding hydrogens is 116 g/mol. The van der Waals surface area contributed by atoms with Crippen molar-refractivity contribution in [2.75, 3.05) is 0 Å². The first kappa shape index (κ1) is 6.47. The van der Waals surface area contributed by atoms with Crippen molar-refractivity contribution >= 4 is 11.8 Å². The van der Waals surface area contributed by atoms with Gasteiger partial charge in [0.2, 0.25) is 0 Å². The van der Waals surface area contributed by atoms with Crippen molar-refractivity contribution < 1.29 is 0 Å². The Morgan fingerprint density at radius 1 is 1.25 bits per heavy atom. The van der Waals surface area contributed by atoms with Crippen LogP contribution >= 0.6 is 11.8 Å². The third-order valence-corrected chi connectivity index (χ3v) is 2.56. The second-order valence-corrected chi connectivity index (χ2v) is 5.56. The van der Waals surface area contributed by atoms with Gasteiger partial charge >= 0.3 is 0 Å². The Balaban J connectivity index is 2.16.